The van der Waals surface area contributed by atoms with Crippen LogP contribution in [0.2, 0.25) is 0 Å². The number of nitrogens with zero attached hydrogens (tertiary/aromatic N) is 2. The molecular formula is C11H14N2. The highest BCUT2D eigenvalue weighted by Gasteiger charge is 2.02. The van der Waals surface area contributed by atoms with Gasteiger partial charge >= 0.3 is 0 Å². The normalized spacial score (nSPS) is 10.9. The molecule has 2 aromatic heterocycles. The highest BCUT2D eigenvalue weighted by Crippen LogP contribution is 2.19. The van der Waals surface area contributed by atoms with Crippen molar-refractivity contribution < 1.29 is 0 Å². The fourth-order valence-corrected chi connectivity index (χ4v) is 1.75. The lowest BCUT2D eigenvalue weighted by molar-refractivity contribution is 0.701. The Morgan fingerprint density at radius 3 is 3.08 bits per heavy atom. The van der Waals surface area contributed by atoms with Crippen LogP contribution >= 0.6 is 0 Å². The van der Waals surface area contributed by atoms with E-state index >= 15 is 0 Å². The second-order valence-corrected chi connectivity index (χ2v) is 3.40. The number of hydrogen-bond acceptors (Lipinski definition) is 1. The van der Waals surface area contributed by atoms with Gasteiger partial charge in [-0.25, -0.2) is 0 Å². The van der Waals surface area contributed by atoms with E-state index < -0.39 is 0 Å². The quantitative estimate of drug-likeness (QED) is 0.684. The summed E-state index contributed by atoms with van der Waals surface area (Å²) in [4.78, 5) is 4.15. The van der Waals surface area contributed by atoms with Gasteiger partial charge in [0.05, 0.1) is 11.7 Å². The van der Waals surface area contributed by atoms with E-state index in [0.717, 1.165) is 13.0 Å². The molecule has 0 atom stereocenters. The Labute approximate surface area is 78.2 Å². The van der Waals surface area contributed by atoms with E-state index in [2.05, 4.69) is 35.7 Å². The van der Waals surface area contributed by atoms with Gasteiger partial charge in [-0.15, -0.1) is 0 Å². The van der Waals surface area contributed by atoms with Crippen LogP contribution in [0.3, 0.4) is 0 Å². The average molecular weight is 174 g/mol. The van der Waals surface area contributed by atoms with E-state index in [1.807, 2.05) is 12.4 Å². The molecule has 0 aromatic carbocycles. The number of aryl methyl sites for hydroxylation is 2. The molecular weight excluding hydrogens is 160 g/mol. The third-order valence-electron chi connectivity index (χ3n) is 2.35. The van der Waals surface area contributed by atoms with Crippen molar-refractivity contribution in [3.8, 4) is 0 Å². The van der Waals surface area contributed by atoms with Crippen LogP contribution < -0.4 is 0 Å². The lowest BCUT2D eigenvalue weighted by atomic mass is 10.2. The van der Waals surface area contributed by atoms with Crippen LogP contribution in [0.4, 0.5) is 0 Å². The topological polar surface area (TPSA) is 17.8 Å². The molecule has 0 unspecified atom stereocenters. The number of fused-ring (bicyclic) bond motifs is 1. The Bertz CT molecular complexity index is 415. The minimum absolute atomic E-state index is 1.08. The minimum Gasteiger partial charge on any atom is -0.346 e. The Morgan fingerprint density at radius 1 is 1.46 bits per heavy atom. The molecule has 0 aliphatic carbocycles. The van der Waals surface area contributed by atoms with Gasteiger partial charge in [0.1, 0.15) is 0 Å². The van der Waals surface area contributed by atoms with Gasteiger partial charge in [0, 0.05) is 24.3 Å². The van der Waals surface area contributed by atoms with Crippen LogP contribution in [0.15, 0.2) is 24.7 Å². The maximum atomic E-state index is 4.15. The first kappa shape index (κ1) is 8.30. The number of pyridine rings is 1. The van der Waals surface area contributed by atoms with Crippen molar-refractivity contribution >= 4 is 10.9 Å². The van der Waals surface area contributed by atoms with Gasteiger partial charge in [-0.05, 0) is 25.0 Å². The van der Waals surface area contributed by atoms with E-state index in [1.165, 1.54) is 16.5 Å². The van der Waals surface area contributed by atoms with Crippen molar-refractivity contribution in [1.82, 2.24) is 9.55 Å². The molecule has 0 N–H and O–H groups in total. The third kappa shape index (κ3) is 1.32. The van der Waals surface area contributed by atoms with Crippen molar-refractivity contribution in [1.29, 1.82) is 0 Å². The molecule has 2 nitrogen and oxygen atoms in total. The molecule has 0 radical (unpaired) electrons. The average Bonchev–Trinajstić information content (AvgIpc) is 2.46. The Kier molecular flexibility index (Phi) is 2.05. The van der Waals surface area contributed by atoms with E-state index in [0.29, 0.717) is 0 Å². The minimum atomic E-state index is 1.08. The molecule has 0 aliphatic rings. The van der Waals surface area contributed by atoms with Crippen molar-refractivity contribution in [2.75, 3.05) is 0 Å². The Balaban J connectivity index is 2.63. The van der Waals surface area contributed by atoms with Crippen LogP contribution in [-0.2, 0) is 6.54 Å². The first-order valence-electron chi connectivity index (χ1n) is 4.72. The summed E-state index contributed by atoms with van der Waals surface area (Å²) in [7, 11) is 0. The molecule has 0 bridgehead atoms. The van der Waals surface area contributed by atoms with Crippen molar-refractivity contribution in [3.63, 3.8) is 0 Å². The molecule has 68 valence electrons. The SMILES string of the molecule is CCCn1cc(C)c2ccncc21. The predicted octanol–water partition coefficient (Wildman–Crippen LogP) is 2.75. The summed E-state index contributed by atoms with van der Waals surface area (Å²) in [5.41, 5.74) is 2.59. The zero-order chi connectivity index (χ0) is 9.26. The van der Waals surface area contributed by atoms with Crippen LogP contribution in [0.5, 0.6) is 0 Å². The molecule has 0 saturated heterocycles. The van der Waals surface area contributed by atoms with Gasteiger partial charge in [-0.2, -0.15) is 0 Å². The monoisotopic (exact) mass is 174 g/mol. The lowest BCUT2D eigenvalue weighted by Crippen LogP contribution is -1.93. The van der Waals surface area contributed by atoms with Crippen LogP contribution in [0.25, 0.3) is 10.9 Å². The summed E-state index contributed by atoms with van der Waals surface area (Å²) >= 11 is 0. The van der Waals surface area contributed by atoms with Crippen molar-refractivity contribution in [2.45, 2.75) is 26.8 Å². The summed E-state index contributed by atoms with van der Waals surface area (Å²) in [5, 5.41) is 1.32. The molecule has 0 fully saturated rings. The van der Waals surface area contributed by atoms with Crippen molar-refractivity contribution in [3.05, 3.63) is 30.2 Å². The molecule has 0 spiro atoms. The maximum Gasteiger partial charge on any atom is 0.0669 e. The highest BCUT2D eigenvalue weighted by atomic mass is 15.0. The van der Waals surface area contributed by atoms with Gasteiger partial charge in [0.15, 0.2) is 0 Å². The second kappa shape index (κ2) is 3.21. The molecule has 0 saturated carbocycles. The van der Waals surface area contributed by atoms with Crippen LogP contribution in [0, 0.1) is 6.92 Å². The van der Waals surface area contributed by atoms with E-state index in [-0.39, 0.29) is 0 Å². The molecule has 2 heteroatoms. The third-order valence-corrected chi connectivity index (χ3v) is 2.35. The van der Waals surface area contributed by atoms with Gasteiger partial charge < -0.3 is 4.57 Å². The zero-order valence-electron chi connectivity index (χ0n) is 8.12. The van der Waals surface area contributed by atoms with Crippen molar-refractivity contribution in [2.24, 2.45) is 0 Å². The van der Waals surface area contributed by atoms with Gasteiger partial charge in [-0.1, -0.05) is 6.92 Å². The predicted molar refractivity (Wildman–Crippen MR) is 54.8 cm³/mol. The van der Waals surface area contributed by atoms with E-state index in [9.17, 15) is 0 Å². The number of aromatic nitrogens is 2. The van der Waals surface area contributed by atoms with Gasteiger partial charge in [0.25, 0.3) is 0 Å². The van der Waals surface area contributed by atoms with Crippen LogP contribution in [0.1, 0.15) is 18.9 Å². The number of hydrogen-bond donors (Lipinski definition) is 0. The smallest absolute Gasteiger partial charge is 0.0669 e. The number of rotatable bonds is 2. The summed E-state index contributed by atoms with van der Waals surface area (Å²) in [6.07, 6.45) is 7.16. The van der Waals surface area contributed by atoms with Gasteiger partial charge in [-0.3, -0.25) is 4.98 Å². The molecule has 13 heavy (non-hydrogen) atoms. The van der Waals surface area contributed by atoms with E-state index in [1.54, 1.807) is 0 Å². The summed E-state index contributed by atoms with van der Waals surface area (Å²) < 4.78 is 2.28. The summed E-state index contributed by atoms with van der Waals surface area (Å²) in [6, 6.07) is 2.08. The molecule has 2 heterocycles. The first-order valence-corrected chi connectivity index (χ1v) is 4.72. The summed E-state index contributed by atoms with van der Waals surface area (Å²) in [5.74, 6) is 0. The Hall–Kier alpha value is -1.31. The molecule has 0 aliphatic heterocycles. The molecule has 0 amide bonds. The Morgan fingerprint density at radius 2 is 2.31 bits per heavy atom. The maximum absolute atomic E-state index is 4.15. The largest absolute Gasteiger partial charge is 0.346 e. The summed E-state index contributed by atoms with van der Waals surface area (Å²) in [6.45, 7) is 5.42. The fourth-order valence-electron chi connectivity index (χ4n) is 1.75. The fraction of sp³-hybridized carbons (Fsp3) is 0.364. The first-order chi connectivity index (χ1) is 6.33. The zero-order valence-corrected chi connectivity index (χ0v) is 8.12. The van der Waals surface area contributed by atoms with Crippen LogP contribution in [-0.4, -0.2) is 9.55 Å². The van der Waals surface area contributed by atoms with E-state index in [4.69, 9.17) is 0 Å². The van der Waals surface area contributed by atoms with Gasteiger partial charge in [0.2, 0.25) is 0 Å². The molecule has 2 aromatic rings. The lowest BCUT2D eigenvalue weighted by Gasteiger charge is -2.00. The molecule has 2 rings (SSSR count). The standard InChI is InChI=1S/C11H14N2/c1-3-6-13-8-9(2)10-4-5-12-7-11(10)13/h4-5,7-8H,3,6H2,1-2H3. The second-order valence-electron chi connectivity index (χ2n) is 3.40. The highest BCUT2D eigenvalue weighted by molar-refractivity contribution is 5.82.